The number of thiocarbonyl (C=S) groups is 1. The van der Waals surface area contributed by atoms with E-state index in [4.69, 9.17) is 12.2 Å². The molecule has 1 aromatic rings. The molecule has 1 nitrogen and oxygen atoms in total. The lowest BCUT2D eigenvalue weighted by atomic mass is 10.0. The Morgan fingerprint density at radius 1 is 1.08 bits per heavy atom. The van der Waals surface area contributed by atoms with E-state index in [1.54, 1.807) is 0 Å². The van der Waals surface area contributed by atoms with Crippen LogP contribution in [0.4, 0.5) is 0 Å². The number of thiol groups is 1. The second-order valence-corrected chi connectivity index (χ2v) is 4.38. The van der Waals surface area contributed by atoms with E-state index in [0.29, 0.717) is 4.20 Å². The topological polar surface area (TPSA) is 12.9 Å². The first-order valence-electron chi connectivity index (χ1n) is 4.12. The van der Waals surface area contributed by atoms with E-state index in [0.717, 1.165) is 17.0 Å². The third-order valence-electron chi connectivity index (χ3n) is 2.50. The Bertz CT molecular complexity index is 370. The Balaban J connectivity index is 3.50. The summed E-state index contributed by atoms with van der Waals surface area (Å²) in [5.41, 5.74) is 5.53. The molecule has 0 N–H and O–H groups in total. The fourth-order valence-corrected chi connectivity index (χ4v) is 1.69. The second-order valence-electron chi connectivity index (χ2n) is 3.23. The molecule has 0 radical (unpaired) electrons. The first kappa shape index (κ1) is 10.7. The molecule has 0 amide bonds. The molecule has 0 aliphatic heterocycles. The highest BCUT2D eigenvalue weighted by molar-refractivity contribution is 8.11. The largest absolute Gasteiger partial charge is 0.251 e. The molecular formula is C10H13NS2. The highest BCUT2D eigenvalue weighted by Crippen LogP contribution is 2.19. The van der Waals surface area contributed by atoms with Crippen molar-refractivity contribution < 1.29 is 0 Å². The van der Waals surface area contributed by atoms with E-state index in [1.807, 2.05) is 13.8 Å². The smallest absolute Gasteiger partial charge is 0.0935 e. The molecule has 0 atom stereocenters. The van der Waals surface area contributed by atoms with Crippen molar-refractivity contribution in [3.63, 3.8) is 0 Å². The van der Waals surface area contributed by atoms with Gasteiger partial charge in [0.25, 0.3) is 0 Å². The zero-order valence-electron chi connectivity index (χ0n) is 8.30. The summed E-state index contributed by atoms with van der Waals surface area (Å²) in [7, 11) is 0. The predicted octanol–water partition coefficient (Wildman–Crippen LogP) is 2.92. The van der Waals surface area contributed by atoms with Crippen LogP contribution in [0, 0.1) is 27.7 Å². The number of pyridine rings is 1. The minimum atomic E-state index is 0.573. The molecule has 1 heterocycles. The Hall–Kier alpha value is -0.410. The van der Waals surface area contributed by atoms with Gasteiger partial charge in [-0.2, -0.15) is 0 Å². The van der Waals surface area contributed by atoms with E-state index >= 15 is 0 Å². The molecule has 0 saturated carbocycles. The lowest BCUT2D eigenvalue weighted by Crippen LogP contribution is -2.04. The lowest BCUT2D eigenvalue weighted by Gasteiger charge is -2.11. The van der Waals surface area contributed by atoms with Crippen LogP contribution in [0.25, 0.3) is 0 Å². The quantitative estimate of drug-likeness (QED) is 0.566. The maximum absolute atomic E-state index is 5.01. The number of hydrogen-bond donors (Lipinski definition) is 1. The molecule has 13 heavy (non-hydrogen) atoms. The summed E-state index contributed by atoms with van der Waals surface area (Å²) in [5, 5.41) is 0. The van der Waals surface area contributed by atoms with Gasteiger partial charge in [0, 0.05) is 5.69 Å². The summed E-state index contributed by atoms with van der Waals surface area (Å²) in [6.07, 6.45) is 0. The van der Waals surface area contributed by atoms with Crippen molar-refractivity contribution >= 4 is 29.0 Å². The van der Waals surface area contributed by atoms with Gasteiger partial charge in [-0.3, -0.25) is 4.98 Å². The first-order valence-corrected chi connectivity index (χ1v) is 4.98. The van der Waals surface area contributed by atoms with E-state index in [1.165, 1.54) is 11.1 Å². The lowest BCUT2D eigenvalue weighted by molar-refractivity contribution is 1.08. The average Bonchev–Trinajstić information content (AvgIpc) is 2.07. The Morgan fingerprint density at radius 3 is 2.08 bits per heavy atom. The fourth-order valence-electron chi connectivity index (χ4n) is 1.27. The zero-order valence-corrected chi connectivity index (χ0v) is 10.0. The maximum Gasteiger partial charge on any atom is 0.0935 e. The second kappa shape index (κ2) is 3.76. The van der Waals surface area contributed by atoms with Crippen LogP contribution in [0.1, 0.15) is 28.1 Å². The van der Waals surface area contributed by atoms with Crippen molar-refractivity contribution in [1.29, 1.82) is 0 Å². The third-order valence-corrected chi connectivity index (χ3v) is 2.91. The van der Waals surface area contributed by atoms with Gasteiger partial charge in [0.2, 0.25) is 0 Å². The zero-order chi connectivity index (χ0) is 10.2. The van der Waals surface area contributed by atoms with Crippen molar-refractivity contribution in [2.75, 3.05) is 0 Å². The Morgan fingerprint density at radius 2 is 1.62 bits per heavy atom. The van der Waals surface area contributed by atoms with Crippen molar-refractivity contribution in [3.05, 3.63) is 28.1 Å². The summed E-state index contributed by atoms with van der Waals surface area (Å²) in [6, 6.07) is 0. The summed E-state index contributed by atoms with van der Waals surface area (Å²) in [5.74, 6) is 0. The number of hydrogen-bond acceptors (Lipinski definition) is 2. The van der Waals surface area contributed by atoms with E-state index in [-0.39, 0.29) is 0 Å². The maximum atomic E-state index is 5.01. The van der Waals surface area contributed by atoms with Gasteiger partial charge in [0.1, 0.15) is 0 Å². The summed E-state index contributed by atoms with van der Waals surface area (Å²) in [6.45, 7) is 8.20. The van der Waals surface area contributed by atoms with Gasteiger partial charge < -0.3 is 0 Å². The standard InChI is InChI=1S/C10H13NS2/c1-5-6(2)8(4)11-9(7(5)3)10(12)13/h1-4H3,(H,12,13). The van der Waals surface area contributed by atoms with Crippen molar-refractivity contribution in [1.82, 2.24) is 4.98 Å². The molecule has 0 aromatic carbocycles. The molecule has 0 aliphatic carbocycles. The average molecular weight is 211 g/mol. The van der Waals surface area contributed by atoms with Crippen molar-refractivity contribution in [2.24, 2.45) is 0 Å². The molecule has 70 valence electrons. The van der Waals surface area contributed by atoms with E-state index in [2.05, 4.69) is 31.5 Å². The van der Waals surface area contributed by atoms with Crippen LogP contribution in [-0.4, -0.2) is 9.18 Å². The molecule has 1 aromatic heterocycles. The van der Waals surface area contributed by atoms with Gasteiger partial charge in [-0.05, 0) is 44.4 Å². The minimum Gasteiger partial charge on any atom is -0.251 e. The van der Waals surface area contributed by atoms with Crippen LogP contribution in [0.3, 0.4) is 0 Å². The normalized spacial score (nSPS) is 10.2. The molecule has 0 saturated heterocycles. The highest BCUT2D eigenvalue weighted by atomic mass is 32.1. The van der Waals surface area contributed by atoms with Gasteiger partial charge >= 0.3 is 0 Å². The van der Waals surface area contributed by atoms with Crippen LogP contribution in [0.15, 0.2) is 0 Å². The molecule has 3 heteroatoms. The first-order chi connectivity index (χ1) is 5.95. The minimum absolute atomic E-state index is 0.573. The van der Waals surface area contributed by atoms with Gasteiger partial charge in [-0.25, -0.2) is 0 Å². The molecule has 0 bridgehead atoms. The molecule has 0 fully saturated rings. The number of aryl methyl sites for hydroxylation is 1. The van der Waals surface area contributed by atoms with Crippen LogP contribution in [0.2, 0.25) is 0 Å². The molecule has 0 unspecified atom stereocenters. The van der Waals surface area contributed by atoms with Crippen LogP contribution in [-0.2, 0) is 0 Å². The Labute approximate surface area is 90.0 Å². The highest BCUT2D eigenvalue weighted by Gasteiger charge is 2.09. The summed E-state index contributed by atoms with van der Waals surface area (Å²) >= 11 is 9.17. The summed E-state index contributed by atoms with van der Waals surface area (Å²) in [4.78, 5) is 4.42. The fraction of sp³-hybridized carbons (Fsp3) is 0.400. The van der Waals surface area contributed by atoms with Gasteiger partial charge in [-0.15, -0.1) is 12.6 Å². The van der Waals surface area contributed by atoms with Crippen molar-refractivity contribution in [2.45, 2.75) is 27.7 Å². The molecular weight excluding hydrogens is 198 g/mol. The van der Waals surface area contributed by atoms with Crippen molar-refractivity contribution in [3.8, 4) is 0 Å². The van der Waals surface area contributed by atoms with Crippen LogP contribution in [0.5, 0.6) is 0 Å². The Kier molecular flexibility index (Phi) is 3.09. The summed E-state index contributed by atoms with van der Waals surface area (Å²) < 4.78 is 0.573. The molecule has 0 spiro atoms. The number of nitrogens with zero attached hydrogens (tertiary/aromatic N) is 1. The third kappa shape index (κ3) is 1.92. The SMILES string of the molecule is Cc1nc(C(=S)S)c(C)c(C)c1C. The molecule has 0 aliphatic rings. The monoisotopic (exact) mass is 211 g/mol. The predicted molar refractivity (Wildman–Crippen MR) is 63.9 cm³/mol. The molecule has 1 rings (SSSR count). The van der Waals surface area contributed by atoms with Crippen LogP contribution < -0.4 is 0 Å². The van der Waals surface area contributed by atoms with Gasteiger partial charge in [0.05, 0.1) is 9.89 Å². The van der Waals surface area contributed by atoms with E-state index in [9.17, 15) is 0 Å². The van der Waals surface area contributed by atoms with Gasteiger partial charge in [0.15, 0.2) is 0 Å². The number of aromatic nitrogens is 1. The van der Waals surface area contributed by atoms with Crippen LogP contribution >= 0.6 is 24.8 Å². The van der Waals surface area contributed by atoms with E-state index < -0.39 is 0 Å². The van der Waals surface area contributed by atoms with Gasteiger partial charge in [-0.1, -0.05) is 12.2 Å². The number of rotatable bonds is 1.